The largest absolute Gasteiger partial charge is 0.481 e. The summed E-state index contributed by atoms with van der Waals surface area (Å²) in [4.78, 5) is 22.4. The third kappa shape index (κ3) is 4.83. The van der Waals surface area contributed by atoms with Gasteiger partial charge >= 0.3 is 5.97 Å². The molecule has 1 amide bonds. The number of carbonyl (C=O) groups is 2. The molecule has 0 aliphatic heterocycles. The standard InChI is InChI=1S/C17H30N2O3/c1-11(19-15(22)12(18)10-14(20)21)6-7-13-16(2,3)8-9-17(13,4)5/h6-7,11-13H,8-10,18H2,1-5H3,(H,19,22)(H,20,21)/t11?,12-/m0/s1. The van der Waals surface area contributed by atoms with Crippen molar-refractivity contribution in [3.05, 3.63) is 12.2 Å². The first-order valence-corrected chi connectivity index (χ1v) is 7.92. The van der Waals surface area contributed by atoms with E-state index in [0.29, 0.717) is 5.92 Å². The lowest BCUT2D eigenvalue weighted by atomic mass is 9.72. The SMILES string of the molecule is CC(C=CC1C(C)(C)CCC1(C)C)NC(=O)[C@@H](N)CC(=O)O. The maximum atomic E-state index is 11.8. The fraction of sp³-hybridized carbons (Fsp3) is 0.765. The van der Waals surface area contributed by atoms with Gasteiger partial charge in [0.2, 0.25) is 5.91 Å². The number of hydrogen-bond donors (Lipinski definition) is 3. The monoisotopic (exact) mass is 310 g/mol. The minimum Gasteiger partial charge on any atom is -0.481 e. The Morgan fingerprint density at radius 2 is 1.77 bits per heavy atom. The van der Waals surface area contributed by atoms with Gasteiger partial charge in [0.15, 0.2) is 0 Å². The highest BCUT2D eigenvalue weighted by atomic mass is 16.4. The zero-order valence-electron chi connectivity index (χ0n) is 14.3. The van der Waals surface area contributed by atoms with Crippen LogP contribution in [0.15, 0.2) is 12.2 Å². The van der Waals surface area contributed by atoms with Crippen LogP contribution < -0.4 is 11.1 Å². The van der Waals surface area contributed by atoms with Crippen LogP contribution in [-0.2, 0) is 9.59 Å². The van der Waals surface area contributed by atoms with Gasteiger partial charge in [-0.3, -0.25) is 9.59 Å². The summed E-state index contributed by atoms with van der Waals surface area (Å²) in [6.07, 6.45) is 6.22. The number of allylic oxidation sites excluding steroid dienone is 1. The number of carboxylic acid groups (broad SMARTS) is 1. The van der Waals surface area contributed by atoms with Gasteiger partial charge in [0, 0.05) is 6.04 Å². The Balaban J connectivity index is 2.62. The molecule has 126 valence electrons. The van der Waals surface area contributed by atoms with Gasteiger partial charge in [0.25, 0.3) is 0 Å². The van der Waals surface area contributed by atoms with Gasteiger partial charge in [-0.15, -0.1) is 0 Å². The Labute approximate surface area is 133 Å². The minimum absolute atomic E-state index is 0.167. The van der Waals surface area contributed by atoms with Crippen molar-refractivity contribution in [2.24, 2.45) is 22.5 Å². The first kappa shape index (κ1) is 18.7. The normalized spacial score (nSPS) is 23.4. The van der Waals surface area contributed by atoms with Crippen LogP contribution in [0.3, 0.4) is 0 Å². The molecule has 2 atom stereocenters. The predicted molar refractivity (Wildman–Crippen MR) is 87.3 cm³/mol. The second-order valence-corrected chi connectivity index (χ2v) is 7.84. The van der Waals surface area contributed by atoms with E-state index in [1.165, 1.54) is 12.8 Å². The topological polar surface area (TPSA) is 92.4 Å². The molecule has 22 heavy (non-hydrogen) atoms. The van der Waals surface area contributed by atoms with E-state index in [9.17, 15) is 9.59 Å². The fourth-order valence-corrected chi connectivity index (χ4v) is 3.47. The van der Waals surface area contributed by atoms with E-state index in [1.54, 1.807) is 0 Å². The van der Waals surface area contributed by atoms with Crippen LogP contribution in [0.2, 0.25) is 0 Å². The van der Waals surface area contributed by atoms with Crippen LogP contribution in [0.1, 0.15) is 53.9 Å². The van der Waals surface area contributed by atoms with Crippen molar-refractivity contribution in [2.45, 2.75) is 66.0 Å². The van der Waals surface area contributed by atoms with Gasteiger partial charge < -0.3 is 16.2 Å². The molecule has 1 saturated carbocycles. The highest BCUT2D eigenvalue weighted by Crippen LogP contribution is 2.54. The molecule has 0 aromatic rings. The molecule has 0 spiro atoms. The Morgan fingerprint density at radius 3 is 2.23 bits per heavy atom. The smallest absolute Gasteiger partial charge is 0.305 e. The van der Waals surface area contributed by atoms with Crippen LogP contribution >= 0.6 is 0 Å². The number of rotatable bonds is 6. The fourth-order valence-electron chi connectivity index (χ4n) is 3.47. The summed E-state index contributed by atoms with van der Waals surface area (Å²) in [7, 11) is 0. The van der Waals surface area contributed by atoms with Crippen LogP contribution in [0.4, 0.5) is 0 Å². The zero-order valence-corrected chi connectivity index (χ0v) is 14.3. The van der Waals surface area contributed by atoms with Crippen LogP contribution in [0.5, 0.6) is 0 Å². The third-order valence-electron chi connectivity index (χ3n) is 4.79. The van der Waals surface area contributed by atoms with Gasteiger partial charge in [-0.2, -0.15) is 0 Å². The van der Waals surface area contributed by atoms with Crippen molar-refractivity contribution in [3.63, 3.8) is 0 Å². The Hall–Kier alpha value is -1.36. The maximum Gasteiger partial charge on any atom is 0.305 e. The van der Waals surface area contributed by atoms with E-state index in [4.69, 9.17) is 10.8 Å². The number of carbonyl (C=O) groups excluding carboxylic acids is 1. The molecule has 0 aromatic carbocycles. The molecule has 0 radical (unpaired) electrons. The first-order chi connectivity index (χ1) is 9.95. The first-order valence-electron chi connectivity index (χ1n) is 7.92. The Kier molecular flexibility index (Phi) is 5.79. The van der Waals surface area contributed by atoms with Crippen molar-refractivity contribution >= 4 is 11.9 Å². The molecule has 1 rings (SSSR count). The number of amides is 1. The third-order valence-corrected chi connectivity index (χ3v) is 4.79. The average molecular weight is 310 g/mol. The highest BCUT2D eigenvalue weighted by Gasteiger charge is 2.45. The lowest BCUT2D eigenvalue weighted by molar-refractivity contribution is -0.139. The van der Waals surface area contributed by atoms with E-state index >= 15 is 0 Å². The molecule has 5 heteroatoms. The van der Waals surface area contributed by atoms with Crippen LogP contribution in [-0.4, -0.2) is 29.1 Å². The summed E-state index contributed by atoms with van der Waals surface area (Å²) in [6.45, 7) is 11.0. The zero-order chi connectivity index (χ0) is 17.1. The molecule has 0 heterocycles. The molecular formula is C17H30N2O3. The summed E-state index contributed by atoms with van der Waals surface area (Å²) in [6, 6.07) is -1.17. The van der Waals surface area contributed by atoms with Crippen LogP contribution in [0.25, 0.3) is 0 Å². The summed E-state index contributed by atoms with van der Waals surface area (Å²) >= 11 is 0. The quantitative estimate of drug-likeness (QED) is 0.656. The summed E-state index contributed by atoms with van der Waals surface area (Å²) < 4.78 is 0. The van der Waals surface area contributed by atoms with Gasteiger partial charge in [-0.25, -0.2) is 0 Å². The second kappa shape index (κ2) is 6.82. The maximum absolute atomic E-state index is 11.8. The average Bonchev–Trinajstić information content (AvgIpc) is 2.55. The summed E-state index contributed by atoms with van der Waals surface area (Å²) in [5, 5.41) is 11.4. The van der Waals surface area contributed by atoms with Gasteiger partial charge in [-0.1, -0.05) is 39.8 Å². The number of carboxylic acids is 1. The number of nitrogens with one attached hydrogen (secondary N) is 1. The van der Waals surface area contributed by atoms with E-state index < -0.39 is 17.9 Å². The van der Waals surface area contributed by atoms with Gasteiger partial charge in [0.05, 0.1) is 12.5 Å². The number of nitrogens with two attached hydrogens (primary N) is 1. The van der Waals surface area contributed by atoms with Crippen molar-refractivity contribution in [3.8, 4) is 0 Å². The molecule has 5 nitrogen and oxygen atoms in total. The van der Waals surface area contributed by atoms with Gasteiger partial charge in [0.1, 0.15) is 0 Å². The molecule has 0 aromatic heterocycles. The van der Waals surface area contributed by atoms with Gasteiger partial charge in [-0.05, 0) is 36.5 Å². The highest BCUT2D eigenvalue weighted by molar-refractivity contribution is 5.86. The number of aliphatic carboxylic acids is 1. The van der Waals surface area contributed by atoms with E-state index in [0.717, 1.165) is 0 Å². The summed E-state index contributed by atoms with van der Waals surface area (Å²) in [5.74, 6) is -1.04. The van der Waals surface area contributed by atoms with Crippen molar-refractivity contribution in [1.29, 1.82) is 0 Å². The van der Waals surface area contributed by atoms with Crippen molar-refractivity contribution in [1.82, 2.24) is 5.32 Å². The molecule has 1 aliphatic carbocycles. The van der Waals surface area contributed by atoms with E-state index in [-0.39, 0.29) is 23.3 Å². The molecule has 1 unspecified atom stereocenters. The van der Waals surface area contributed by atoms with Crippen molar-refractivity contribution in [2.75, 3.05) is 0 Å². The molecule has 1 fully saturated rings. The molecule has 4 N–H and O–H groups in total. The minimum atomic E-state index is -1.07. The Morgan fingerprint density at radius 1 is 1.27 bits per heavy atom. The van der Waals surface area contributed by atoms with E-state index in [1.807, 2.05) is 13.0 Å². The lowest BCUT2D eigenvalue weighted by Gasteiger charge is -2.33. The van der Waals surface area contributed by atoms with Crippen molar-refractivity contribution < 1.29 is 14.7 Å². The number of hydrogen-bond acceptors (Lipinski definition) is 3. The molecular weight excluding hydrogens is 280 g/mol. The second-order valence-electron chi connectivity index (χ2n) is 7.84. The van der Waals surface area contributed by atoms with E-state index in [2.05, 4.69) is 39.1 Å². The predicted octanol–water partition coefficient (Wildman–Crippen LogP) is 2.31. The Bertz CT molecular complexity index is 439. The van der Waals surface area contributed by atoms with Crippen LogP contribution in [0, 0.1) is 16.7 Å². The molecule has 1 aliphatic rings. The lowest BCUT2D eigenvalue weighted by Crippen LogP contribution is -2.45. The molecule has 0 bridgehead atoms. The molecule has 0 saturated heterocycles. The summed E-state index contributed by atoms with van der Waals surface area (Å²) in [5.41, 5.74) is 6.06.